The van der Waals surface area contributed by atoms with Crippen molar-refractivity contribution in [2.45, 2.75) is 13.5 Å². The molecule has 0 unspecified atom stereocenters. The molecule has 2 aromatic rings. The predicted molar refractivity (Wildman–Crippen MR) is 68.9 cm³/mol. The molecule has 1 N–H and O–H groups in total. The second-order valence-corrected chi connectivity index (χ2v) is 4.29. The maximum Gasteiger partial charge on any atom is 0.231 e. The third kappa shape index (κ3) is 2.22. The monoisotopic (exact) mass is 242 g/mol. The molecular weight excluding hydrogens is 228 g/mol. The predicted octanol–water partition coefficient (Wildman–Crippen LogP) is 2.73. The molecule has 0 saturated heterocycles. The third-order valence-corrected chi connectivity index (χ3v) is 2.81. The fraction of sp³-hybridized carbons (Fsp3) is 0.214. The Balaban J connectivity index is 1.70. The number of aryl methyl sites for hydroxylation is 1. The Morgan fingerprint density at radius 3 is 2.94 bits per heavy atom. The van der Waals surface area contributed by atoms with E-state index in [1.54, 1.807) is 0 Å². The summed E-state index contributed by atoms with van der Waals surface area (Å²) in [4.78, 5) is 4.15. The van der Waals surface area contributed by atoms with Gasteiger partial charge in [-0.2, -0.15) is 0 Å². The van der Waals surface area contributed by atoms with Crippen LogP contribution in [0.25, 0.3) is 0 Å². The zero-order valence-corrected chi connectivity index (χ0v) is 10.1. The summed E-state index contributed by atoms with van der Waals surface area (Å²) < 4.78 is 10.6. The Labute approximate surface area is 106 Å². The second kappa shape index (κ2) is 4.56. The van der Waals surface area contributed by atoms with E-state index in [9.17, 15) is 0 Å². The molecule has 0 amide bonds. The lowest BCUT2D eigenvalue weighted by molar-refractivity contribution is 0.174. The zero-order chi connectivity index (χ0) is 12.4. The fourth-order valence-electron chi connectivity index (χ4n) is 1.91. The molecule has 0 radical (unpaired) electrons. The van der Waals surface area contributed by atoms with Crippen LogP contribution in [0.1, 0.15) is 11.1 Å². The number of aromatic nitrogens is 1. The van der Waals surface area contributed by atoms with Crippen LogP contribution in [0, 0.1) is 6.92 Å². The van der Waals surface area contributed by atoms with Crippen LogP contribution in [-0.2, 0) is 6.54 Å². The Morgan fingerprint density at radius 2 is 2.06 bits per heavy atom. The summed E-state index contributed by atoms with van der Waals surface area (Å²) in [5.74, 6) is 1.63. The normalized spacial score (nSPS) is 12.5. The molecule has 18 heavy (non-hydrogen) atoms. The highest BCUT2D eigenvalue weighted by Crippen LogP contribution is 2.32. The van der Waals surface area contributed by atoms with E-state index in [2.05, 4.69) is 16.4 Å². The van der Waals surface area contributed by atoms with Gasteiger partial charge in [0.15, 0.2) is 11.5 Å². The van der Waals surface area contributed by atoms with E-state index < -0.39 is 0 Å². The molecule has 0 atom stereocenters. The van der Waals surface area contributed by atoms with Crippen molar-refractivity contribution in [2.24, 2.45) is 0 Å². The minimum absolute atomic E-state index is 0.314. The fourth-order valence-corrected chi connectivity index (χ4v) is 1.91. The van der Waals surface area contributed by atoms with Gasteiger partial charge >= 0.3 is 0 Å². The molecule has 0 fully saturated rings. The Bertz CT molecular complexity index is 569. The topological polar surface area (TPSA) is 43.4 Å². The van der Waals surface area contributed by atoms with Crippen molar-refractivity contribution in [3.63, 3.8) is 0 Å². The average Bonchev–Trinajstić information content (AvgIpc) is 2.84. The quantitative estimate of drug-likeness (QED) is 0.898. The number of hydrogen-bond acceptors (Lipinski definition) is 4. The van der Waals surface area contributed by atoms with E-state index >= 15 is 0 Å². The molecule has 92 valence electrons. The average molecular weight is 242 g/mol. The summed E-state index contributed by atoms with van der Waals surface area (Å²) in [6.07, 6.45) is 3.66. The number of nitrogens with zero attached hydrogens (tertiary/aromatic N) is 1. The number of ether oxygens (including phenoxy) is 2. The standard InChI is InChI=1S/C14H14N2O2/c1-10-4-12(8-15-6-10)16-7-11-2-3-13-14(5-11)18-9-17-13/h2-6,8,16H,7,9H2,1H3. The molecule has 0 bridgehead atoms. The molecule has 0 spiro atoms. The van der Waals surface area contributed by atoms with Gasteiger partial charge in [-0.05, 0) is 36.2 Å². The van der Waals surface area contributed by atoms with Crippen LogP contribution < -0.4 is 14.8 Å². The first-order valence-electron chi connectivity index (χ1n) is 5.85. The smallest absolute Gasteiger partial charge is 0.231 e. The maximum absolute atomic E-state index is 5.35. The summed E-state index contributed by atoms with van der Waals surface area (Å²) in [6, 6.07) is 8.04. The zero-order valence-electron chi connectivity index (χ0n) is 10.1. The highest BCUT2D eigenvalue weighted by atomic mass is 16.7. The summed E-state index contributed by atoms with van der Waals surface area (Å²) in [7, 11) is 0. The van der Waals surface area contributed by atoms with E-state index in [4.69, 9.17) is 9.47 Å². The highest BCUT2D eigenvalue weighted by molar-refractivity contribution is 5.47. The number of benzene rings is 1. The second-order valence-electron chi connectivity index (χ2n) is 4.29. The van der Waals surface area contributed by atoms with Crippen LogP contribution in [0.5, 0.6) is 11.5 Å². The maximum atomic E-state index is 5.35. The molecule has 4 heteroatoms. The number of nitrogens with one attached hydrogen (secondary N) is 1. The molecule has 1 aliphatic rings. The van der Waals surface area contributed by atoms with E-state index in [1.165, 1.54) is 0 Å². The molecule has 0 aliphatic carbocycles. The summed E-state index contributed by atoms with van der Waals surface area (Å²) in [5.41, 5.74) is 3.32. The molecule has 3 rings (SSSR count). The van der Waals surface area contributed by atoms with E-state index in [-0.39, 0.29) is 0 Å². The van der Waals surface area contributed by atoms with Gasteiger partial charge in [0, 0.05) is 18.9 Å². The van der Waals surface area contributed by atoms with Crippen molar-refractivity contribution in [3.8, 4) is 11.5 Å². The van der Waals surface area contributed by atoms with Gasteiger partial charge in [0.05, 0.1) is 5.69 Å². The van der Waals surface area contributed by atoms with Crippen molar-refractivity contribution >= 4 is 5.69 Å². The molecule has 1 aromatic heterocycles. The minimum atomic E-state index is 0.314. The Morgan fingerprint density at radius 1 is 1.17 bits per heavy atom. The molecular formula is C14H14N2O2. The number of fused-ring (bicyclic) bond motifs is 1. The van der Waals surface area contributed by atoms with Gasteiger partial charge in [-0.3, -0.25) is 4.98 Å². The first-order valence-corrected chi connectivity index (χ1v) is 5.85. The molecule has 4 nitrogen and oxygen atoms in total. The van der Waals surface area contributed by atoms with Crippen LogP contribution in [0.4, 0.5) is 5.69 Å². The Hall–Kier alpha value is -2.23. The largest absolute Gasteiger partial charge is 0.454 e. The van der Waals surface area contributed by atoms with Gasteiger partial charge in [0.25, 0.3) is 0 Å². The van der Waals surface area contributed by atoms with Gasteiger partial charge in [0.2, 0.25) is 6.79 Å². The van der Waals surface area contributed by atoms with E-state index in [0.717, 1.165) is 34.9 Å². The SMILES string of the molecule is Cc1cncc(NCc2ccc3c(c2)OCO3)c1. The first kappa shape index (κ1) is 10.9. The third-order valence-electron chi connectivity index (χ3n) is 2.81. The molecule has 1 aromatic carbocycles. The number of anilines is 1. The van der Waals surface area contributed by atoms with Crippen molar-refractivity contribution < 1.29 is 9.47 Å². The minimum Gasteiger partial charge on any atom is -0.454 e. The van der Waals surface area contributed by atoms with E-state index in [1.807, 2.05) is 37.5 Å². The summed E-state index contributed by atoms with van der Waals surface area (Å²) in [5, 5.41) is 3.33. The molecule has 1 aliphatic heterocycles. The van der Waals surface area contributed by atoms with Crippen molar-refractivity contribution in [1.29, 1.82) is 0 Å². The molecule has 0 saturated carbocycles. The van der Waals surface area contributed by atoms with Crippen LogP contribution in [0.15, 0.2) is 36.7 Å². The Kier molecular flexibility index (Phi) is 2.76. The number of rotatable bonds is 3. The lowest BCUT2D eigenvalue weighted by atomic mass is 10.2. The van der Waals surface area contributed by atoms with Gasteiger partial charge in [-0.1, -0.05) is 6.07 Å². The lowest BCUT2D eigenvalue weighted by Gasteiger charge is -2.07. The molecule has 2 heterocycles. The van der Waals surface area contributed by atoms with Crippen LogP contribution in [0.2, 0.25) is 0 Å². The highest BCUT2D eigenvalue weighted by Gasteiger charge is 2.12. The summed E-state index contributed by atoms with van der Waals surface area (Å²) >= 11 is 0. The van der Waals surface area contributed by atoms with E-state index in [0.29, 0.717) is 6.79 Å². The van der Waals surface area contributed by atoms with Crippen molar-refractivity contribution in [3.05, 3.63) is 47.8 Å². The van der Waals surface area contributed by atoms with Crippen LogP contribution >= 0.6 is 0 Å². The van der Waals surface area contributed by atoms with Gasteiger partial charge in [0.1, 0.15) is 0 Å². The van der Waals surface area contributed by atoms with Crippen LogP contribution in [0.3, 0.4) is 0 Å². The summed E-state index contributed by atoms with van der Waals surface area (Å²) in [6.45, 7) is 3.08. The number of pyridine rings is 1. The number of hydrogen-bond donors (Lipinski definition) is 1. The van der Waals surface area contributed by atoms with Gasteiger partial charge in [-0.15, -0.1) is 0 Å². The lowest BCUT2D eigenvalue weighted by Crippen LogP contribution is -2.00. The van der Waals surface area contributed by atoms with Crippen LogP contribution in [-0.4, -0.2) is 11.8 Å². The van der Waals surface area contributed by atoms with Crippen molar-refractivity contribution in [2.75, 3.05) is 12.1 Å². The van der Waals surface area contributed by atoms with Crippen molar-refractivity contribution in [1.82, 2.24) is 4.98 Å². The van der Waals surface area contributed by atoms with Gasteiger partial charge < -0.3 is 14.8 Å². The van der Waals surface area contributed by atoms with Gasteiger partial charge in [-0.25, -0.2) is 0 Å². The first-order chi connectivity index (χ1) is 8.81.